The van der Waals surface area contributed by atoms with E-state index in [1.54, 1.807) is 0 Å². The third-order valence-electron chi connectivity index (χ3n) is 4.32. The van der Waals surface area contributed by atoms with E-state index in [0.29, 0.717) is 18.0 Å². The molecule has 0 saturated carbocycles. The standard InChI is InChI=1S/C17H16Cl3F2N3O2/c1-24-7-11(14(23-24)16(21)22)17(26)25-4-2-3-10(25)8-27-15-12(19)5-9(18)6-13(15)20/h5-7,10,16H,2-4,8H2,1H3/t10-/m0/s1. The van der Waals surface area contributed by atoms with Crippen LogP contribution in [0.15, 0.2) is 18.3 Å². The molecule has 2 aromatic rings. The number of hydrogen-bond acceptors (Lipinski definition) is 3. The predicted octanol–water partition coefficient (Wildman–Crippen LogP) is 5.00. The van der Waals surface area contributed by atoms with Crippen LogP contribution in [0, 0.1) is 0 Å². The summed E-state index contributed by atoms with van der Waals surface area (Å²) in [4.78, 5) is 14.3. The molecule has 1 aromatic carbocycles. The molecule has 0 N–H and O–H groups in total. The zero-order valence-electron chi connectivity index (χ0n) is 14.3. The highest BCUT2D eigenvalue weighted by Gasteiger charge is 2.34. The number of ether oxygens (including phenoxy) is 1. The summed E-state index contributed by atoms with van der Waals surface area (Å²) < 4.78 is 33.3. The highest BCUT2D eigenvalue weighted by atomic mass is 35.5. The summed E-state index contributed by atoms with van der Waals surface area (Å²) in [6.07, 6.45) is -0.0908. The SMILES string of the molecule is Cn1cc(C(=O)N2CCC[C@H]2COc2c(Cl)cc(Cl)cc2Cl)c(C(F)F)n1. The third kappa shape index (κ3) is 4.31. The molecule has 3 rings (SSSR count). The van der Waals surface area contributed by atoms with Gasteiger partial charge in [-0.2, -0.15) is 5.10 Å². The van der Waals surface area contributed by atoms with Crippen LogP contribution in [0.2, 0.25) is 15.1 Å². The number of carbonyl (C=O) groups is 1. The van der Waals surface area contributed by atoms with Gasteiger partial charge in [0.2, 0.25) is 0 Å². The molecule has 0 spiro atoms. The fourth-order valence-electron chi connectivity index (χ4n) is 3.11. The van der Waals surface area contributed by atoms with Gasteiger partial charge in [0, 0.05) is 24.8 Å². The maximum Gasteiger partial charge on any atom is 0.282 e. The second-order valence-electron chi connectivity index (χ2n) is 6.21. The number of likely N-dealkylation sites (tertiary alicyclic amines) is 1. The van der Waals surface area contributed by atoms with Gasteiger partial charge in [0.1, 0.15) is 12.3 Å². The highest BCUT2D eigenvalue weighted by Crippen LogP contribution is 2.36. The number of halogens is 5. The first-order valence-corrected chi connectivity index (χ1v) is 9.31. The zero-order chi connectivity index (χ0) is 19.7. The fraction of sp³-hybridized carbons (Fsp3) is 0.412. The molecule has 1 amide bonds. The van der Waals surface area contributed by atoms with Crippen molar-refractivity contribution < 1.29 is 18.3 Å². The third-order valence-corrected chi connectivity index (χ3v) is 5.10. The van der Waals surface area contributed by atoms with E-state index in [4.69, 9.17) is 39.5 Å². The number of amides is 1. The van der Waals surface area contributed by atoms with Crippen molar-refractivity contribution in [3.05, 3.63) is 44.7 Å². The van der Waals surface area contributed by atoms with E-state index in [-0.39, 0.29) is 34.0 Å². The first-order chi connectivity index (χ1) is 12.8. The second kappa shape index (κ2) is 8.20. The summed E-state index contributed by atoms with van der Waals surface area (Å²) >= 11 is 18.1. The van der Waals surface area contributed by atoms with Crippen molar-refractivity contribution in [3.8, 4) is 5.75 Å². The monoisotopic (exact) mass is 437 g/mol. The molecule has 27 heavy (non-hydrogen) atoms. The van der Waals surface area contributed by atoms with E-state index < -0.39 is 18.0 Å². The normalized spacial score (nSPS) is 17.0. The Morgan fingerprint density at radius 3 is 2.63 bits per heavy atom. The number of rotatable bonds is 5. The molecule has 1 aliphatic heterocycles. The zero-order valence-corrected chi connectivity index (χ0v) is 16.5. The summed E-state index contributed by atoms with van der Waals surface area (Å²) in [6, 6.07) is 2.73. The van der Waals surface area contributed by atoms with E-state index >= 15 is 0 Å². The van der Waals surface area contributed by atoms with Gasteiger partial charge >= 0.3 is 0 Å². The molecule has 146 valence electrons. The van der Waals surface area contributed by atoms with E-state index in [1.807, 2.05) is 0 Å². The number of alkyl halides is 2. The van der Waals surface area contributed by atoms with E-state index in [0.717, 1.165) is 6.42 Å². The minimum absolute atomic E-state index is 0.0954. The lowest BCUT2D eigenvalue weighted by molar-refractivity contribution is 0.0680. The molecule has 1 saturated heterocycles. The van der Waals surface area contributed by atoms with Crippen molar-refractivity contribution in [2.45, 2.75) is 25.3 Å². The molecule has 0 radical (unpaired) electrons. The van der Waals surface area contributed by atoms with Gasteiger partial charge in [-0.1, -0.05) is 34.8 Å². The summed E-state index contributed by atoms with van der Waals surface area (Å²) in [5.41, 5.74) is -0.611. The topological polar surface area (TPSA) is 47.4 Å². The molecule has 1 aromatic heterocycles. The minimum Gasteiger partial charge on any atom is -0.488 e. The van der Waals surface area contributed by atoms with Gasteiger partial charge in [-0.3, -0.25) is 9.48 Å². The molecule has 0 bridgehead atoms. The van der Waals surface area contributed by atoms with Gasteiger partial charge in [-0.05, 0) is 25.0 Å². The fourth-order valence-corrected chi connectivity index (χ4v) is 4.04. The number of carbonyl (C=O) groups excluding carboxylic acids is 1. The van der Waals surface area contributed by atoms with Crippen LogP contribution in [0.4, 0.5) is 8.78 Å². The smallest absolute Gasteiger partial charge is 0.282 e. The van der Waals surface area contributed by atoms with Gasteiger partial charge < -0.3 is 9.64 Å². The Morgan fingerprint density at radius 2 is 2.00 bits per heavy atom. The number of aryl methyl sites for hydroxylation is 1. The first kappa shape index (κ1) is 20.2. The maximum atomic E-state index is 13.2. The lowest BCUT2D eigenvalue weighted by Crippen LogP contribution is -2.39. The molecule has 1 fully saturated rings. The lowest BCUT2D eigenvalue weighted by atomic mass is 10.2. The van der Waals surface area contributed by atoms with Gasteiger partial charge in [-0.25, -0.2) is 8.78 Å². The largest absolute Gasteiger partial charge is 0.488 e. The Balaban J connectivity index is 1.75. The van der Waals surface area contributed by atoms with Gasteiger partial charge in [-0.15, -0.1) is 0 Å². The number of benzene rings is 1. The molecular formula is C17H16Cl3F2N3O2. The van der Waals surface area contributed by atoms with Crippen molar-refractivity contribution in [3.63, 3.8) is 0 Å². The molecule has 10 heteroatoms. The van der Waals surface area contributed by atoms with Crippen LogP contribution in [0.1, 0.15) is 35.3 Å². The summed E-state index contributed by atoms with van der Waals surface area (Å²) in [7, 11) is 1.50. The molecule has 0 aliphatic carbocycles. The molecule has 5 nitrogen and oxygen atoms in total. The molecule has 1 atom stereocenters. The Kier molecular flexibility index (Phi) is 6.13. The van der Waals surface area contributed by atoms with Crippen LogP contribution in [0.5, 0.6) is 5.75 Å². The van der Waals surface area contributed by atoms with Crippen LogP contribution >= 0.6 is 34.8 Å². The van der Waals surface area contributed by atoms with Crippen LogP contribution in [-0.4, -0.2) is 39.8 Å². The Labute approximate surface area is 169 Å². The van der Waals surface area contributed by atoms with Crippen LogP contribution in [0.3, 0.4) is 0 Å². The molecule has 1 aliphatic rings. The van der Waals surface area contributed by atoms with E-state index in [2.05, 4.69) is 5.10 Å². The predicted molar refractivity (Wildman–Crippen MR) is 99.2 cm³/mol. The molecule has 2 heterocycles. The summed E-state index contributed by atoms with van der Waals surface area (Å²) in [6.45, 7) is 0.587. The van der Waals surface area contributed by atoms with Gasteiger partial charge in [0.25, 0.3) is 12.3 Å². The van der Waals surface area contributed by atoms with Crippen LogP contribution < -0.4 is 4.74 Å². The van der Waals surface area contributed by atoms with Gasteiger partial charge in [0.05, 0.1) is 21.7 Å². The average Bonchev–Trinajstić information content (AvgIpc) is 3.19. The maximum absolute atomic E-state index is 13.2. The minimum atomic E-state index is -2.82. The number of nitrogens with zero attached hydrogens (tertiary/aromatic N) is 3. The van der Waals surface area contributed by atoms with Crippen molar-refractivity contribution in [1.82, 2.24) is 14.7 Å². The average molecular weight is 439 g/mol. The summed E-state index contributed by atoms with van der Waals surface area (Å²) in [5, 5.41) is 4.59. The highest BCUT2D eigenvalue weighted by molar-refractivity contribution is 6.40. The summed E-state index contributed by atoms with van der Waals surface area (Å²) in [5.74, 6) is -0.213. The Hall–Kier alpha value is -1.57. The first-order valence-electron chi connectivity index (χ1n) is 8.18. The van der Waals surface area contributed by atoms with Crippen LogP contribution in [-0.2, 0) is 7.05 Å². The molecular weight excluding hydrogens is 423 g/mol. The van der Waals surface area contributed by atoms with Crippen molar-refractivity contribution in [2.24, 2.45) is 7.05 Å². The number of aromatic nitrogens is 2. The Morgan fingerprint density at radius 1 is 1.33 bits per heavy atom. The van der Waals surface area contributed by atoms with Gasteiger partial charge in [0.15, 0.2) is 5.75 Å². The second-order valence-corrected chi connectivity index (χ2v) is 7.46. The Bertz CT molecular complexity index is 837. The van der Waals surface area contributed by atoms with Crippen LogP contribution in [0.25, 0.3) is 0 Å². The molecule has 0 unspecified atom stereocenters. The van der Waals surface area contributed by atoms with E-state index in [9.17, 15) is 13.6 Å². The van der Waals surface area contributed by atoms with Crippen molar-refractivity contribution >= 4 is 40.7 Å². The van der Waals surface area contributed by atoms with E-state index in [1.165, 1.54) is 35.0 Å². The van der Waals surface area contributed by atoms with Crippen molar-refractivity contribution in [2.75, 3.05) is 13.2 Å². The lowest BCUT2D eigenvalue weighted by Gasteiger charge is -2.25. The van der Waals surface area contributed by atoms with Crippen molar-refractivity contribution in [1.29, 1.82) is 0 Å². The quantitative estimate of drug-likeness (QED) is 0.660. The number of hydrogen-bond donors (Lipinski definition) is 0.